The number of hydrogen-bond acceptors (Lipinski definition) is 3. The summed E-state index contributed by atoms with van der Waals surface area (Å²) >= 11 is 2.14. The van der Waals surface area contributed by atoms with Crippen molar-refractivity contribution in [3.05, 3.63) is 0 Å². The van der Waals surface area contributed by atoms with Gasteiger partial charge >= 0.3 is 0 Å². The topological polar surface area (TPSA) is 15.3 Å². The Morgan fingerprint density at radius 1 is 1.18 bits per heavy atom. The highest BCUT2D eigenvalue weighted by molar-refractivity contribution is 7.99. The Kier molecular flexibility index (Phi) is 5.19. The molecule has 3 atom stereocenters. The van der Waals surface area contributed by atoms with Crippen LogP contribution in [0.15, 0.2) is 0 Å². The van der Waals surface area contributed by atoms with Gasteiger partial charge in [0.25, 0.3) is 0 Å². The van der Waals surface area contributed by atoms with Gasteiger partial charge in [-0.2, -0.15) is 11.8 Å². The molecule has 0 aliphatic carbocycles. The minimum absolute atomic E-state index is 0.725. The van der Waals surface area contributed by atoms with Gasteiger partial charge in [0.2, 0.25) is 0 Å². The standard InChI is InChI=1S/C14H28N2S/c1-11-12(2)16(7-4-14(11)15-3)10-13-5-8-17-9-6-13/h11-15H,4-10H2,1-3H3. The Hall–Kier alpha value is 0.270. The van der Waals surface area contributed by atoms with E-state index in [0.29, 0.717) is 0 Å². The van der Waals surface area contributed by atoms with E-state index in [9.17, 15) is 0 Å². The van der Waals surface area contributed by atoms with Crippen LogP contribution in [0.5, 0.6) is 0 Å². The summed E-state index contributed by atoms with van der Waals surface area (Å²) in [5.74, 6) is 4.53. The lowest BCUT2D eigenvalue weighted by atomic mass is 9.86. The molecule has 100 valence electrons. The Morgan fingerprint density at radius 2 is 1.88 bits per heavy atom. The predicted molar refractivity (Wildman–Crippen MR) is 77.7 cm³/mol. The Labute approximate surface area is 111 Å². The molecule has 0 aromatic rings. The van der Waals surface area contributed by atoms with Crippen molar-refractivity contribution in [2.75, 3.05) is 31.6 Å². The monoisotopic (exact) mass is 256 g/mol. The molecule has 0 bridgehead atoms. The lowest BCUT2D eigenvalue weighted by Crippen LogP contribution is -2.53. The van der Waals surface area contributed by atoms with Gasteiger partial charge < -0.3 is 10.2 Å². The van der Waals surface area contributed by atoms with Crippen molar-refractivity contribution >= 4 is 11.8 Å². The molecule has 2 saturated heterocycles. The summed E-state index contributed by atoms with van der Waals surface area (Å²) in [4.78, 5) is 2.75. The van der Waals surface area contributed by atoms with E-state index in [4.69, 9.17) is 0 Å². The van der Waals surface area contributed by atoms with Crippen LogP contribution in [0.3, 0.4) is 0 Å². The van der Waals surface area contributed by atoms with Crippen LogP contribution in [0.2, 0.25) is 0 Å². The average Bonchev–Trinajstić information content (AvgIpc) is 2.37. The number of nitrogens with one attached hydrogen (secondary N) is 1. The van der Waals surface area contributed by atoms with E-state index in [2.05, 4.69) is 42.9 Å². The van der Waals surface area contributed by atoms with Gasteiger partial charge in [-0.15, -0.1) is 0 Å². The molecule has 0 aromatic heterocycles. The van der Waals surface area contributed by atoms with E-state index in [1.807, 2.05) is 0 Å². The first-order chi connectivity index (χ1) is 8.22. The van der Waals surface area contributed by atoms with E-state index in [1.165, 1.54) is 43.9 Å². The maximum Gasteiger partial charge on any atom is 0.0117 e. The van der Waals surface area contributed by atoms with Crippen LogP contribution in [-0.2, 0) is 0 Å². The number of hydrogen-bond donors (Lipinski definition) is 1. The lowest BCUT2D eigenvalue weighted by molar-refractivity contribution is 0.0712. The third-order valence-electron chi connectivity index (χ3n) is 4.90. The van der Waals surface area contributed by atoms with E-state index in [0.717, 1.165) is 23.9 Å². The number of rotatable bonds is 3. The third-order valence-corrected chi connectivity index (χ3v) is 5.95. The molecule has 0 amide bonds. The van der Waals surface area contributed by atoms with Crippen LogP contribution in [0.4, 0.5) is 0 Å². The highest BCUT2D eigenvalue weighted by Gasteiger charge is 2.32. The molecule has 0 aromatic carbocycles. The molecule has 3 unspecified atom stereocenters. The maximum atomic E-state index is 3.48. The quantitative estimate of drug-likeness (QED) is 0.835. The zero-order valence-electron chi connectivity index (χ0n) is 11.6. The molecule has 2 heterocycles. The van der Waals surface area contributed by atoms with Gasteiger partial charge in [0.15, 0.2) is 0 Å². The SMILES string of the molecule is CNC1CCN(CC2CCSCC2)C(C)C1C. The Morgan fingerprint density at radius 3 is 2.53 bits per heavy atom. The van der Waals surface area contributed by atoms with E-state index < -0.39 is 0 Å². The second-order valence-corrected chi connectivity index (χ2v) is 7.06. The molecule has 2 rings (SSSR count). The fraction of sp³-hybridized carbons (Fsp3) is 1.00. The summed E-state index contributed by atoms with van der Waals surface area (Å²) in [6, 6.07) is 1.47. The highest BCUT2D eigenvalue weighted by atomic mass is 32.2. The van der Waals surface area contributed by atoms with Gasteiger partial charge in [0.05, 0.1) is 0 Å². The van der Waals surface area contributed by atoms with Crippen molar-refractivity contribution in [3.8, 4) is 0 Å². The molecular formula is C14H28N2S. The molecule has 2 aliphatic heterocycles. The summed E-state index contributed by atoms with van der Waals surface area (Å²) in [6.45, 7) is 7.48. The molecule has 0 saturated carbocycles. The van der Waals surface area contributed by atoms with Crippen LogP contribution in [0, 0.1) is 11.8 Å². The molecule has 0 spiro atoms. The normalized spacial score (nSPS) is 37.2. The number of likely N-dealkylation sites (tertiary alicyclic amines) is 1. The maximum absolute atomic E-state index is 3.48. The van der Waals surface area contributed by atoms with Crippen molar-refractivity contribution in [3.63, 3.8) is 0 Å². The van der Waals surface area contributed by atoms with Gasteiger partial charge in [-0.1, -0.05) is 6.92 Å². The van der Waals surface area contributed by atoms with E-state index >= 15 is 0 Å². The molecule has 2 aliphatic rings. The summed E-state index contributed by atoms with van der Waals surface area (Å²) in [7, 11) is 2.11. The van der Waals surface area contributed by atoms with Gasteiger partial charge in [0, 0.05) is 18.6 Å². The lowest BCUT2D eigenvalue weighted by Gasteiger charge is -2.44. The average molecular weight is 256 g/mol. The number of piperidine rings is 1. The molecule has 3 heteroatoms. The Bertz CT molecular complexity index is 228. The van der Waals surface area contributed by atoms with Crippen LogP contribution in [-0.4, -0.2) is 48.6 Å². The molecule has 17 heavy (non-hydrogen) atoms. The molecule has 0 radical (unpaired) electrons. The van der Waals surface area contributed by atoms with Crippen LogP contribution < -0.4 is 5.32 Å². The van der Waals surface area contributed by atoms with Gasteiger partial charge in [-0.25, -0.2) is 0 Å². The summed E-state index contributed by atoms with van der Waals surface area (Å²) in [6.07, 6.45) is 4.21. The molecular weight excluding hydrogens is 228 g/mol. The molecule has 2 nitrogen and oxygen atoms in total. The van der Waals surface area contributed by atoms with Crippen molar-refractivity contribution in [2.45, 2.75) is 45.2 Å². The van der Waals surface area contributed by atoms with E-state index in [1.54, 1.807) is 0 Å². The second kappa shape index (κ2) is 6.44. The van der Waals surface area contributed by atoms with Crippen molar-refractivity contribution in [1.29, 1.82) is 0 Å². The molecule has 2 fully saturated rings. The fourth-order valence-electron chi connectivity index (χ4n) is 3.37. The van der Waals surface area contributed by atoms with Gasteiger partial charge in [0.1, 0.15) is 0 Å². The number of thioether (sulfide) groups is 1. The third kappa shape index (κ3) is 3.39. The summed E-state index contributed by atoms with van der Waals surface area (Å²) in [5, 5.41) is 3.48. The minimum atomic E-state index is 0.725. The number of nitrogens with zero attached hydrogens (tertiary/aromatic N) is 1. The zero-order chi connectivity index (χ0) is 12.3. The van der Waals surface area contributed by atoms with E-state index in [-0.39, 0.29) is 0 Å². The summed E-state index contributed by atoms with van der Waals surface area (Å²) in [5.41, 5.74) is 0. The predicted octanol–water partition coefficient (Wildman–Crippen LogP) is 2.45. The first-order valence-corrected chi connectivity index (χ1v) is 8.37. The largest absolute Gasteiger partial charge is 0.317 e. The molecule has 1 N–H and O–H groups in total. The first-order valence-electron chi connectivity index (χ1n) is 7.21. The van der Waals surface area contributed by atoms with Gasteiger partial charge in [-0.3, -0.25) is 0 Å². The van der Waals surface area contributed by atoms with Crippen LogP contribution in [0.1, 0.15) is 33.1 Å². The van der Waals surface area contributed by atoms with Crippen LogP contribution in [0.25, 0.3) is 0 Å². The highest BCUT2D eigenvalue weighted by Crippen LogP contribution is 2.28. The fourth-order valence-corrected chi connectivity index (χ4v) is 4.57. The zero-order valence-corrected chi connectivity index (χ0v) is 12.4. The Balaban J connectivity index is 1.84. The minimum Gasteiger partial charge on any atom is -0.317 e. The first kappa shape index (κ1) is 13.7. The smallest absolute Gasteiger partial charge is 0.0117 e. The van der Waals surface area contributed by atoms with Crippen LogP contribution >= 0.6 is 11.8 Å². The van der Waals surface area contributed by atoms with Crippen molar-refractivity contribution in [2.24, 2.45) is 11.8 Å². The second-order valence-electron chi connectivity index (χ2n) is 5.83. The summed E-state index contributed by atoms with van der Waals surface area (Å²) < 4.78 is 0. The van der Waals surface area contributed by atoms with Crippen molar-refractivity contribution < 1.29 is 0 Å². The van der Waals surface area contributed by atoms with Crippen molar-refractivity contribution in [1.82, 2.24) is 10.2 Å². The van der Waals surface area contributed by atoms with Gasteiger partial charge in [-0.05, 0) is 63.1 Å².